The molecule has 1 aliphatic heterocycles. The van der Waals surface area contributed by atoms with Crippen LogP contribution in [0.3, 0.4) is 0 Å². The van der Waals surface area contributed by atoms with E-state index in [2.05, 4.69) is 17.5 Å². The molecule has 3 nitrogen and oxygen atoms in total. The quantitative estimate of drug-likeness (QED) is 0.654. The van der Waals surface area contributed by atoms with Gasteiger partial charge in [0, 0.05) is 5.71 Å². The molecule has 0 saturated carbocycles. The van der Waals surface area contributed by atoms with Gasteiger partial charge >= 0.3 is 0 Å². The number of hydrazone groups is 1. The molecule has 1 heterocycles. The van der Waals surface area contributed by atoms with Gasteiger partial charge in [0.1, 0.15) is 0 Å². The standard InChI is InChI=1S/C8H14N2O/c1-3-4-5-7-6(2)9-10-8(7)11/h7H,3-5H2,1-2H3,(H,10,11). The van der Waals surface area contributed by atoms with Crippen molar-refractivity contribution in [1.82, 2.24) is 5.43 Å². The predicted molar refractivity (Wildman–Crippen MR) is 44.3 cm³/mol. The van der Waals surface area contributed by atoms with E-state index in [1.807, 2.05) is 6.92 Å². The smallest absolute Gasteiger partial charge is 0.248 e. The van der Waals surface area contributed by atoms with Crippen molar-refractivity contribution in [3.63, 3.8) is 0 Å². The monoisotopic (exact) mass is 154 g/mol. The zero-order chi connectivity index (χ0) is 8.27. The highest BCUT2D eigenvalue weighted by molar-refractivity contribution is 6.06. The average molecular weight is 154 g/mol. The molecule has 62 valence electrons. The van der Waals surface area contributed by atoms with Crippen LogP contribution in [0, 0.1) is 5.92 Å². The number of carbonyl (C=O) groups is 1. The van der Waals surface area contributed by atoms with E-state index in [1.165, 1.54) is 0 Å². The van der Waals surface area contributed by atoms with Crippen molar-refractivity contribution in [2.24, 2.45) is 11.0 Å². The number of hydrogen-bond donors (Lipinski definition) is 1. The van der Waals surface area contributed by atoms with Crippen molar-refractivity contribution in [3.05, 3.63) is 0 Å². The zero-order valence-electron chi connectivity index (χ0n) is 7.05. The van der Waals surface area contributed by atoms with Crippen molar-refractivity contribution in [2.75, 3.05) is 0 Å². The van der Waals surface area contributed by atoms with Gasteiger partial charge in [-0.3, -0.25) is 4.79 Å². The lowest BCUT2D eigenvalue weighted by atomic mass is 9.98. The van der Waals surface area contributed by atoms with Gasteiger partial charge in [0.25, 0.3) is 0 Å². The zero-order valence-corrected chi connectivity index (χ0v) is 7.05. The Balaban J connectivity index is 2.43. The second-order valence-corrected chi connectivity index (χ2v) is 2.92. The molecule has 0 fully saturated rings. The summed E-state index contributed by atoms with van der Waals surface area (Å²) in [6.07, 6.45) is 3.18. The Labute approximate surface area is 66.9 Å². The Hall–Kier alpha value is -0.860. The van der Waals surface area contributed by atoms with E-state index < -0.39 is 0 Å². The minimum absolute atomic E-state index is 0.0509. The van der Waals surface area contributed by atoms with Gasteiger partial charge in [0.15, 0.2) is 0 Å². The number of amides is 1. The van der Waals surface area contributed by atoms with Gasteiger partial charge in [-0.2, -0.15) is 5.10 Å². The van der Waals surface area contributed by atoms with Crippen molar-refractivity contribution in [1.29, 1.82) is 0 Å². The molecule has 3 heteroatoms. The van der Waals surface area contributed by atoms with Crippen LogP contribution in [-0.4, -0.2) is 11.6 Å². The minimum Gasteiger partial charge on any atom is -0.272 e. The number of carbonyl (C=O) groups excluding carboxylic acids is 1. The Bertz CT molecular complexity index is 187. The third kappa shape index (κ3) is 1.79. The van der Waals surface area contributed by atoms with E-state index in [4.69, 9.17) is 0 Å². The predicted octanol–water partition coefficient (Wildman–Crippen LogP) is 1.30. The van der Waals surface area contributed by atoms with Gasteiger partial charge < -0.3 is 0 Å². The molecule has 0 bridgehead atoms. The lowest BCUT2D eigenvalue weighted by molar-refractivity contribution is -0.122. The highest BCUT2D eigenvalue weighted by Crippen LogP contribution is 2.14. The summed E-state index contributed by atoms with van der Waals surface area (Å²) in [6.45, 7) is 4.03. The first-order valence-corrected chi connectivity index (χ1v) is 4.09. The number of rotatable bonds is 3. The van der Waals surface area contributed by atoms with Crippen LogP contribution >= 0.6 is 0 Å². The van der Waals surface area contributed by atoms with Crippen LogP contribution in [0.5, 0.6) is 0 Å². The highest BCUT2D eigenvalue weighted by atomic mass is 16.2. The summed E-state index contributed by atoms with van der Waals surface area (Å²) in [5, 5.41) is 3.87. The van der Waals surface area contributed by atoms with Crippen LogP contribution in [0.1, 0.15) is 33.1 Å². The summed E-state index contributed by atoms with van der Waals surface area (Å²) < 4.78 is 0. The molecule has 1 atom stereocenters. The van der Waals surface area contributed by atoms with E-state index in [0.717, 1.165) is 25.0 Å². The van der Waals surface area contributed by atoms with Crippen LogP contribution in [0.2, 0.25) is 0 Å². The van der Waals surface area contributed by atoms with E-state index in [1.54, 1.807) is 0 Å². The summed E-state index contributed by atoms with van der Waals surface area (Å²) in [6, 6.07) is 0. The third-order valence-electron chi connectivity index (χ3n) is 2.01. The summed E-state index contributed by atoms with van der Waals surface area (Å²) >= 11 is 0. The first-order valence-electron chi connectivity index (χ1n) is 4.09. The van der Waals surface area contributed by atoms with Gasteiger partial charge in [0.2, 0.25) is 5.91 Å². The molecule has 1 amide bonds. The number of nitrogens with zero attached hydrogens (tertiary/aromatic N) is 1. The van der Waals surface area contributed by atoms with Crippen LogP contribution in [-0.2, 0) is 4.79 Å². The molecule has 11 heavy (non-hydrogen) atoms. The second-order valence-electron chi connectivity index (χ2n) is 2.92. The molecule has 0 aromatic heterocycles. The second kappa shape index (κ2) is 3.51. The summed E-state index contributed by atoms with van der Waals surface area (Å²) in [5.74, 6) is 0.117. The molecule has 1 rings (SSSR count). The SMILES string of the molecule is CCCCC1C(=O)NN=C1C. The molecule has 0 spiro atoms. The summed E-state index contributed by atoms with van der Waals surface area (Å²) in [5.41, 5.74) is 3.41. The van der Waals surface area contributed by atoms with E-state index in [9.17, 15) is 4.79 Å². The third-order valence-corrected chi connectivity index (χ3v) is 2.01. The van der Waals surface area contributed by atoms with Gasteiger partial charge in [0.05, 0.1) is 5.92 Å². The van der Waals surface area contributed by atoms with Crippen LogP contribution in [0.15, 0.2) is 5.10 Å². The minimum atomic E-state index is 0.0509. The molecular weight excluding hydrogens is 140 g/mol. The summed E-state index contributed by atoms with van der Waals surface area (Å²) in [4.78, 5) is 11.1. The molecule has 0 aliphatic carbocycles. The van der Waals surface area contributed by atoms with Crippen molar-refractivity contribution >= 4 is 11.6 Å². The van der Waals surface area contributed by atoms with Crippen molar-refractivity contribution in [2.45, 2.75) is 33.1 Å². The highest BCUT2D eigenvalue weighted by Gasteiger charge is 2.25. The number of unbranched alkanes of at least 4 members (excludes halogenated alkanes) is 1. The molecule has 1 aliphatic rings. The fourth-order valence-corrected chi connectivity index (χ4v) is 1.24. The first kappa shape index (κ1) is 8.24. The average Bonchev–Trinajstić information content (AvgIpc) is 2.29. The Morgan fingerprint density at radius 1 is 1.64 bits per heavy atom. The molecule has 1 unspecified atom stereocenters. The Morgan fingerprint density at radius 2 is 2.36 bits per heavy atom. The fourth-order valence-electron chi connectivity index (χ4n) is 1.24. The molecule has 0 radical (unpaired) electrons. The molecule has 0 aromatic carbocycles. The van der Waals surface area contributed by atoms with Gasteiger partial charge in [-0.05, 0) is 13.3 Å². The first-order chi connectivity index (χ1) is 5.25. The molecule has 1 N–H and O–H groups in total. The molecule has 0 saturated heterocycles. The van der Waals surface area contributed by atoms with Crippen LogP contribution < -0.4 is 5.43 Å². The maximum atomic E-state index is 11.1. The normalized spacial score (nSPS) is 23.3. The maximum Gasteiger partial charge on any atom is 0.248 e. The van der Waals surface area contributed by atoms with Gasteiger partial charge in [-0.15, -0.1) is 0 Å². The van der Waals surface area contributed by atoms with Gasteiger partial charge in [-0.25, -0.2) is 5.43 Å². The number of hydrogen-bond acceptors (Lipinski definition) is 2. The van der Waals surface area contributed by atoms with Crippen LogP contribution in [0.25, 0.3) is 0 Å². The maximum absolute atomic E-state index is 11.1. The van der Waals surface area contributed by atoms with Crippen molar-refractivity contribution < 1.29 is 4.79 Å². The molecule has 0 aromatic rings. The van der Waals surface area contributed by atoms with E-state index in [0.29, 0.717) is 0 Å². The number of nitrogens with one attached hydrogen (secondary N) is 1. The Kier molecular flexibility index (Phi) is 2.63. The lowest BCUT2D eigenvalue weighted by Crippen LogP contribution is -2.21. The largest absolute Gasteiger partial charge is 0.272 e. The summed E-state index contributed by atoms with van der Waals surface area (Å²) in [7, 11) is 0. The fraction of sp³-hybridized carbons (Fsp3) is 0.750. The van der Waals surface area contributed by atoms with Gasteiger partial charge in [-0.1, -0.05) is 19.8 Å². The van der Waals surface area contributed by atoms with Crippen molar-refractivity contribution in [3.8, 4) is 0 Å². The van der Waals surface area contributed by atoms with Crippen LogP contribution in [0.4, 0.5) is 0 Å². The molecular formula is C8H14N2O. The lowest BCUT2D eigenvalue weighted by Gasteiger charge is -2.04. The Morgan fingerprint density at radius 3 is 2.82 bits per heavy atom. The van der Waals surface area contributed by atoms with E-state index in [-0.39, 0.29) is 11.8 Å². The topological polar surface area (TPSA) is 41.5 Å². The van der Waals surface area contributed by atoms with E-state index >= 15 is 0 Å².